The van der Waals surface area contributed by atoms with E-state index >= 15 is 0 Å². The number of nitrogens with zero attached hydrogens (tertiary/aromatic N) is 2. The Morgan fingerprint density at radius 3 is 2.67 bits per heavy atom. The van der Waals surface area contributed by atoms with Gasteiger partial charge in [0.25, 0.3) is 0 Å². The van der Waals surface area contributed by atoms with E-state index in [0.29, 0.717) is 0 Å². The molecular weight excluding hydrogens is 246 g/mol. The fourth-order valence-electron chi connectivity index (χ4n) is 2.81. The first-order chi connectivity index (χ1) is 8.68. The van der Waals surface area contributed by atoms with Crippen molar-refractivity contribution in [2.45, 2.75) is 6.92 Å². The number of aromatic nitrogens is 1. The topological polar surface area (TPSA) is 20.2 Å². The Morgan fingerprint density at radius 1 is 1.22 bits per heavy atom. The van der Waals surface area contributed by atoms with Crippen molar-refractivity contribution in [1.29, 1.82) is 0 Å². The van der Waals surface area contributed by atoms with E-state index in [-0.39, 0.29) is 0 Å². The zero-order valence-corrected chi connectivity index (χ0v) is 11.6. The van der Waals surface area contributed by atoms with Gasteiger partial charge < -0.3 is 14.8 Å². The van der Waals surface area contributed by atoms with E-state index in [1.807, 2.05) is 6.07 Å². The van der Waals surface area contributed by atoms with E-state index in [2.05, 4.69) is 40.9 Å². The molecule has 0 radical (unpaired) electrons. The number of piperazine rings is 1. The van der Waals surface area contributed by atoms with E-state index in [4.69, 9.17) is 11.6 Å². The SMILES string of the molecule is Cc1c(N2CCNCC2)c2cc(Cl)ccc2n1C. The lowest BCUT2D eigenvalue weighted by Crippen LogP contribution is -2.43. The Bertz CT molecular complexity index is 582. The van der Waals surface area contributed by atoms with Crippen molar-refractivity contribution in [3.63, 3.8) is 0 Å². The Kier molecular flexibility index (Phi) is 2.96. The van der Waals surface area contributed by atoms with Crippen LogP contribution in [0.3, 0.4) is 0 Å². The summed E-state index contributed by atoms with van der Waals surface area (Å²) in [6.45, 7) is 6.41. The van der Waals surface area contributed by atoms with E-state index in [9.17, 15) is 0 Å². The molecular formula is C14H18ClN3. The summed E-state index contributed by atoms with van der Waals surface area (Å²) in [5.41, 5.74) is 3.91. The zero-order chi connectivity index (χ0) is 12.7. The van der Waals surface area contributed by atoms with Gasteiger partial charge in [0, 0.05) is 49.3 Å². The third-order valence-corrected chi connectivity index (χ3v) is 4.09. The Hall–Kier alpha value is -1.19. The van der Waals surface area contributed by atoms with Crippen molar-refractivity contribution in [3.8, 4) is 0 Å². The molecule has 4 heteroatoms. The van der Waals surface area contributed by atoms with Gasteiger partial charge in [-0.15, -0.1) is 0 Å². The van der Waals surface area contributed by atoms with Gasteiger partial charge in [-0.2, -0.15) is 0 Å². The molecule has 0 bridgehead atoms. The molecule has 0 saturated carbocycles. The highest BCUT2D eigenvalue weighted by Crippen LogP contribution is 2.34. The van der Waals surface area contributed by atoms with E-state index < -0.39 is 0 Å². The first-order valence-electron chi connectivity index (χ1n) is 6.38. The lowest BCUT2D eigenvalue weighted by molar-refractivity contribution is 0.589. The summed E-state index contributed by atoms with van der Waals surface area (Å²) in [4.78, 5) is 2.46. The molecule has 1 saturated heterocycles. The molecule has 1 aromatic heterocycles. The number of halogens is 1. The second-order valence-corrected chi connectivity index (χ2v) is 5.33. The van der Waals surface area contributed by atoms with Gasteiger partial charge in [-0.3, -0.25) is 0 Å². The fraction of sp³-hybridized carbons (Fsp3) is 0.429. The van der Waals surface area contributed by atoms with Crippen LogP contribution in [0.4, 0.5) is 5.69 Å². The van der Waals surface area contributed by atoms with Crippen LogP contribution in [0.2, 0.25) is 5.02 Å². The van der Waals surface area contributed by atoms with Crippen LogP contribution in [0.25, 0.3) is 10.9 Å². The minimum Gasteiger partial charge on any atom is -0.367 e. The highest BCUT2D eigenvalue weighted by molar-refractivity contribution is 6.31. The van der Waals surface area contributed by atoms with E-state index in [1.54, 1.807) is 0 Å². The van der Waals surface area contributed by atoms with Gasteiger partial charge in [0.1, 0.15) is 0 Å². The van der Waals surface area contributed by atoms with Gasteiger partial charge in [-0.25, -0.2) is 0 Å². The predicted molar refractivity (Wildman–Crippen MR) is 77.7 cm³/mol. The third kappa shape index (κ3) is 1.78. The summed E-state index contributed by atoms with van der Waals surface area (Å²) in [5, 5.41) is 5.47. The molecule has 18 heavy (non-hydrogen) atoms. The van der Waals surface area contributed by atoms with Crippen LogP contribution in [-0.2, 0) is 7.05 Å². The van der Waals surface area contributed by atoms with Crippen molar-refractivity contribution in [2.24, 2.45) is 7.05 Å². The minimum absolute atomic E-state index is 0.810. The highest BCUT2D eigenvalue weighted by Gasteiger charge is 2.19. The van der Waals surface area contributed by atoms with Gasteiger partial charge in [-0.05, 0) is 25.1 Å². The smallest absolute Gasteiger partial charge is 0.0657 e. The van der Waals surface area contributed by atoms with E-state index in [0.717, 1.165) is 31.2 Å². The molecule has 0 spiro atoms. The summed E-state index contributed by atoms with van der Waals surface area (Å²) in [6.07, 6.45) is 0. The van der Waals surface area contributed by atoms with Gasteiger partial charge in [0.2, 0.25) is 0 Å². The monoisotopic (exact) mass is 263 g/mol. The zero-order valence-electron chi connectivity index (χ0n) is 10.8. The highest BCUT2D eigenvalue weighted by atomic mass is 35.5. The summed E-state index contributed by atoms with van der Waals surface area (Å²) < 4.78 is 2.25. The molecule has 2 aromatic rings. The van der Waals surface area contributed by atoms with Crippen molar-refractivity contribution >= 4 is 28.2 Å². The predicted octanol–water partition coefficient (Wildman–Crippen LogP) is 2.55. The molecule has 96 valence electrons. The number of hydrogen-bond acceptors (Lipinski definition) is 2. The summed E-state index contributed by atoms with van der Waals surface area (Å²) in [6, 6.07) is 6.16. The first kappa shape index (κ1) is 11.9. The molecule has 0 unspecified atom stereocenters. The number of fused-ring (bicyclic) bond motifs is 1. The Labute approximate surface area is 112 Å². The lowest BCUT2D eigenvalue weighted by atomic mass is 10.2. The van der Waals surface area contributed by atoms with Crippen LogP contribution in [0.5, 0.6) is 0 Å². The maximum atomic E-state index is 6.15. The maximum absolute atomic E-state index is 6.15. The molecule has 0 atom stereocenters. The number of benzene rings is 1. The van der Waals surface area contributed by atoms with Crippen LogP contribution in [-0.4, -0.2) is 30.7 Å². The van der Waals surface area contributed by atoms with Crippen LogP contribution in [0, 0.1) is 6.92 Å². The second kappa shape index (κ2) is 4.48. The van der Waals surface area contributed by atoms with Gasteiger partial charge in [0.05, 0.1) is 11.2 Å². The summed E-state index contributed by atoms with van der Waals surface area (Å²) >= 11 is 6.15. The third-order valence-electron chi connectivity index (χ3n) is 3.85. The number of anilines is 1. The summed E-state index contributed by atoms with van der Waals surface area (Å²) in [7, 11) is 2.12. The van der Waals surface area contributed by atoms with Gasteiger partial charge >= 0.3 is 0 Å². The van der Waals surface area contributed by atoms with Gasteiger partial charge in [-0.1, -0.05) is 11.6 Å². The number of rotatable bonds is 1. The van der Waals surface area contributed by atoms with Crippen LogP contribution < -0.4 is 10.2 Å². The van der Waals surface area contributed by atoms with Crippen LogP contribution >= 0.6 is 11.6 Å². The molecule has 1 aliphatic heterocycles. The molecule has 0 aliphatic carbocycles. The number of aryl methyl sites for hydroxylation is 1. The largest absolute Gasteiger partial charge is 0.367 e. The molecule has 0 amide bonds. The average Bonchev–Trinajstić information content (AvgIpc) is 2.63. The molecule has 1 fully saturated rings. The Morgan fingerprint density at radius 2 is 1.94 bits per heavy atom. The van der Waals surface area contributed by atoms with Gasteiger partial charge in [0.15, 0.2) is 0 Å². The molecule has 1 aromatic carbocycles. The van der Waals surface area contributed by atoms with Crippen LogP contribution in [0.1, 0.15) is 5.69 Å². The molecule has 3 nitrogen and oxygen atoms in total. The van der Waals surface area contributed by atoms with E-state index in [1.165, 1.54) is 22.3 Å². The summed E-state index contributed by atoms with van der Waals surface area (Å²) in [5.74, 6) is 0. The minimum atomic E-state index is 0.810. The molecule has 1 aliphatic rings. The quantitative estimate of drug-likeness (QED) is 0.853. The lowest BCUT2D eigenvalue weighted by Gasteiger charge is -2.29. The number of nitrogens with one attached hydrogen (secondary N) is 1. The van der Waals surface area contributed by atoms with Crippen molar-refractivity contribution in [3.05, 3.63) is 28.9 Å². The maximum Gasteiger partial charge on any atom is 0.0657 e. The van der Waals surface area contributed by atoms with Crippen molar-refractivity contribution < 1.29 is 0 Å². The first-order valence-corrected chi connectivity index (χ1v) is 6.76. The second-order valence-electron chi connectivity index (χ2n) is 4.89. The Balaban J connectivity index is 2.20. The molecule has 2 heterocycles. The number of hydrogen-bond donors (Lipinski definition) is 1. The molecule has 1 N–H and O–H groups in total. The standard InChI is InChI=1S/C14H18ClN3/c1-10-14(18-7-5-16-6-8-18)12-9-11(15)3-4-13(12)17(10)2/h3-4,9,16H,5-8H2,1-2H3. The fourth-order valence-corrected chi connectivity index (χ4v) is 2.98. The average molecular weight is 264 g/mol. The van der Waals surface area contributed by atoms with Crippen molar-refractivity contribution in [2.75, 3.05) is 31.1 Å². The van der Waals surface area contributed by atoms with Crippen LogP contribution in [0.15, 0.2) is 18.2 Å². The normalized spacial score (nSPS) is 16.5. The molecule has 3 rings (SSSR count). The van der Waals surface area contributed by atoms with Crippen molar-refractivity contribution in [1.82, 2.24) is 9.88 Å².